The second-order valence-electron chi connectivity index (χ2n) is 9.52. The van der Waals surface area contributed by atoms with Gasteiger partial charge >= 0.3 is 0 Å². The van der Waals surface area contributed by atoms with Crippen LogP contribution in [-0.2, 0) is 16.1 Å². The fourth-order valence-electron chi connectivity index (χ4n) is 5.17. The van der Waals surface area contributed by atoms with Crippen LogP contribution < -0.4 is 10.2 Å². The van der Waals surface area contributed by atoms with Crippen LogP contribution >= 0.6 is 0 Å². The van der Waals surface area contributed by atoms with E-state index >= 15 is 0 Å². The van der Waals surface area contributed by atoms with Crippen LogP contribution in [0.5, 0.6) is 0 Å². The second kappa shape index (κ2) is 11.0. The first-order chi connectivity index (χ1) is 17.6. The van der Waals surface area contributed by atoms with Crippen molar-refractivity contribution in [2.24, 2.45) is 0 Å². The molecule has 36 heavy (non-hydrogen) atoms. The topological polar surface area (TPSA) is 77.9 Å². The van der Waals surface area contributed by atoms with E-state index in [1.165, 1.54) is 5.69 Å². The Morgan fingerprint density at radius 2 is 1.50 bits per heavy atom. The SMILES string of the molecule is O=C(NCCN1CCN(c2ccccc2)CC1)C(=O)c1cn(CC(=O)N2CCCC2)c2ccccc12. The van der Waals surface area contributed by atoms with Gasteiger partial charge in [0, 0.05) is 75.1 Å². The highest BCUT2D eigenvalue weighted by atomic mass is 16.2. The molecule has 3 aromatic rings. The third-order valence-electron chi connectivity index (χ3n) is 7.21. The number of ketones is 1. The van der Waals surface area contributed by atoms with E-state index in [1.807, 2.05) is 35.2 Å². The molecule has 3 heterocycles. The Morgan fingerprint density at radius 1 is 0.806 bits per heavy atom. The van der Waals surface area contributed by atoms with Crippen LogP contribution in [-0.4, -0.2) is 84.3 Å². The molecule has 2 aliphatic rings. The molecule has 1 aromatic heterocycles. The zero-order valence-corrected chi connectivity index (χ0v) is 20.6. The number of benzene rings is 2. The van der Waals surface area contributed by atoms with Gasteiger partial charge in [0.1, 0.15) is 6.54 Å². The molecule has 0 radical (unpaired) electrons. The Hall–Kier alpha value is -3.65. The largest absolute Gasteiger partial charge is 0.369 e. The summed E-state index contributed by atoms with van der Waals surface area (Å²) in [6.45, 7) is 6.56. The molecule has 5 rings (SSSR count). The van der Waals surface area contributed by atoms with E-state index in [0.717, 1.165) is 57.6 Å². The molecular weight excluding hydrogens is 454 g/mol. The molecule has 0 spiro atoms. The smallest absolute Gasteiger partial charge is 0.292 e. The molecule has 2 fully saturated rings. The minimum absolute atomic E-state index is 0.0454. The third kappa shape index (κ3) is 5.28. The number of para-hydroxylation sites is 2. The number of aromatic nitrogens is 1. The maximum absolute atomic E-state index is 13.1. The summed E-state index contributed by atoms with van der Waals surface area (Å²) in [4.78, 5) is 45.0. The quantitative estimate of drug-likeness (QED) is 0.390. The van der Waals surface area contributed by atoms with E-state index in [0.29, 0.717) is 24.0 Å². The Kier molecular flexibility index (Phi) is 7.32. The number of fused-ring (bicyclic) bond motifs is 1. The van der Waals surface area contributed by atoms with Crippen molar-refractivity contribution in [3.05, 3.63) is 66.4 Å². The van der Waals surface area contributed by atoms with E-state index in [2.05, 4.69) is 39.4 Å². The number of amides is 2. The minimum Gasteiger partial charge on any atom is -0.369 e. The molecule has 0 unspecified atom stereocenters. The molecule has 2 amide bonds. The summed E-state index contributed by atoms with van der Waals surface area (Å²) in [6.07, 6.45) is 3.72. The lowest BCUT2D eigenvalue weighted by Gasteiger charge is -2.36. The lowest BCUT2D eigenvalue weighted by molar-refractivity contribution is -0.130. The van der Waals surface area contributed by atoms with Crippen molar-refractivity contribution in [1.82, 2.24) is 19.7 Å². The third-order valence-corrected chi connectivity index (χ3v) is 7.21. The molecule has 8 nitrogen and oxygen atoms in total. The summed E-state index contributed by atoms with van der Waals surface area (Å²) in [5.74, 6) is -1.12. The zero-order valence-electron chi connectivity index (χ0n) is 20.6. The Balaban J connectivity index is 1.16. The number of carbonyl (C=O) groups is 3. The Bertz CT molecular complexity index is 1220. The van der Waals surface area contributed by atoms with Crippen molar-refractivity contribution in [3.8, 4) is 0 Å². The second-order valence-corrected chi connectivity index (χ2v) is 9.52. The van der Waals surface area contributed by atoms with Gasteiger partial charge in [0.25, 0.3) is 11.7 Å². The number of nitrogens with one attached hydrogen (secondary N) is 1. The van der Waals surface area contributed by atoms with E-state index in [-0.39, 0.29) is 12.5 Å². The normalized spacial score (nSPS) is 16.4. The molecular formula is C28H33N5O3. The number of rotatable bonds is 8. The number of carbonyl (C=O) groups excluding carboxylic acids is 3. The standard InChI is InChI=1S/C28H33N5O3/c34-26(32-13-6-7-14-32)21-33-20-24(23-10-4-5-11-25(23)33)27(35)28(36)29-12-15-30-16-18-31(19-17-30)22-8-2-1-3-9-22/h1-5,8-11,20H,6-7,12-19,21H2,(H,29,36). The van der Waals surface area contributed by atoms with Crippen LogP contribution in [0.2, 0.25) is 0 Å². The first-order valence-corrected chi connectivity index (χ1v) is 12.8. The van der Waals surface area contributed by atoms with E-state index < -0.39 is 11.7 Å². The Morgan fingerprint density at radius 3 is 2.25 bits per heavy atom. The van der Waals surface area contributed by atoms with Gasteiger partial charge in [-0.2, -0.15) is 0 Å². The van der Waals surface area contributed by atoms with Crippen LogP contribution in [0.4, 0.5) is 5.69 Å². The van der Waals surface area contributed by atoms with Crippen LogP contribution in [0.15, 0.2) is 60.8 Å². The van der Waals surface area contributed by atoms with Crippen LogP contribution in [0.3, 0.4) is 0 Å². The van der Waals surface area contributed by atoms with Crippen molar-refractivity contribution in [3.63, 3.8) is 0 Å². The number of nitrogens with zero attached hydrogens (tertiary/aromatic N) is 4. The molecule has 1 N–H and O–H groups in total. The number of piperazine rings is 1. The molecule has 0 atom stereocenters. The van der Waals surface area contributed by atoms with E-state index in [1.54, 1.807) is 10.8 Å². The summed E-state index contributed by atoms with van der Waals surface area (Å²) in [6, 6.07) is 17.8. The van der Waals surface area contributed by atoms with Gasteiger partial charge in [0.05, 0.1) is 5.56 Å². The van der Waals surface area contributed by atoms with Gasteiger partial charge in [-0.25, -0.2) is 0 Å². The molecule has 0 saturated carbocycles. The number of hydrogen-bond acceptors (Lipinski definition) is 5. The molecule has 188 valence electrons. The highest BCUT2D eigenvalue weighted by Crippen LogP contribution is 2.23. The van der Waals surface area contributed by atoms with Gasteiger partial charge in [0.2, 0.25) is 5.91 Å². The minimum atomic E-state index is -0.605. The summed E-state index contributed by atoms with van der Waals surface area (Å²) < 4.78 is 1.79. The lowest BCUT2D eigenvalue weighted by Crippen LogP contribution is -2.48. The van der Waals surface area contributed by atoms with Crippen molar-refractivity contribution >= 4 is 34.2 Å². The highest BCUT2D eigenvalue weighted by molar-refractivity contribution is 6.45. The average Bonchev–Trinajstić information content (AvgIpc) is 3.58. The molecule has 2 aliphatic heterocycles. The predicted octanol–water partition coefficient (Wildman–Crippen LogP) is 2.38. The van der Waals surface area contributed by atoms with Crippen molar-refractivity contribution < 1.29 is 14.4 Å². The molecule has 2 aromatic carbocycles. The molecule has 0 aliphatic carbocycles. The predicted molar refractivity (Wildman–Crippen MR) is 140 cm³/mol. The average molecular weight is 488 g/mol. The van der Waals surface area contributed by atoms with Crippen molar-refractivity contribution in [2.75, 3.05) is 57.3 Å². The fourth-order valence-corrected chi connectivity index (χ4v) is 5.17. The summed E-state index contributed by atoms with van der Waals surface area (Å²) in [7, 11) is 0. The van der Waals surface area contributed by atoms with Crippen molar-refractivity contribution in [2.45, 2.75) is 19.4 Å². The fraction of sp³-hybridized carbons (Fsp3) is 0.393. The number of anilines is 1. The Labute approximate surface area is 211 Å². The van der Waals surface area contributed by atoms with Gasteiger partial charge < -0.3 is 19.7 Å². The van der Waals surface area contributed by atoms with Gasteiger partial charge in [0.15, 0.2) is 0 Å². The summed E-state index contributed by atoms with van der Waals surface area (Å²) in [5, 5.41) is 3.50. The van der Waals surface area contributed by atoms with Gasteiger partial charge in [-0.05, 0) is 31.0 Å². The number of hydrogen-bond donors (Lipinski definition) is 1. The van der Waals surface area contributed by atoms with Crippen LogP contribution in [0, 0.1) is 0 Å². The zero-order chi connectivity index (χ0) is 24.9. The molecule has 0 bridgehead atoms. The summed E-state index contributed by atoms with van der Waals surface area (Å²) >= 11 is 0. The maximum atomic E-state index is 13.1. The highest BCUT2D eigenvalue weighted by Gasteiger charge is 2.24. The first kappa shape index (κ1) is 24.1. The van der Waals surface area contributed by atoms with Crippen LogP contribution in [0.25, 0.3) is 10.9 Å². The lowest BCUT2D eigenvalue weighted by atomic mass is 10.1. The van der Waals surface area contributed by atoms with E-state index in [9.17, 15) is 14.4 Å². The number of likely N-dealkylation sites (tertiary alicyclic amines) is 1. The van der Waals surface area contributed by atoms with E-state index in [4.69, 9.17) is 0 Å². The number of Topliss-reactive ketones (excluding diaryl/α,β-unsaturated/α-hetero) is 1. The maximum Gasteiger partial charge on any atom is 0.292 e. The first-order valence-electron chi connectivity index (χ1n) is 12.8. The van der Waals surface area contributed by atoms with Crippen LogP contribution in [0.1, 0.15) is 23.2 Å². The molecule has 2 saturated heterocycles. The molecule has 8 heteroatoms. The van der Waals surface area contributed by atoms with Gasteiger partial charge in [-0.15, -0.1) is 0 Å². The van der Waals surface area contributed by atoms with Crippen molar-refractivity contribution in [1.29, 1.82) is 0 Å². The van der Waals surface area contributed by atoms with Gasteiger partial charge in [-0.1, -0.05) is 36.4 Å². The van der Waals surface area contributed by atoms with Gasteiger partial charge in [-0.3, -0.25) is 19.3 Å². The summed E-state index contributed by atoms with van der Waals surface area (Å²) in [5.41, 5.74) is 2.36. The monoisotopic (exact) mass is 487 g/mol.